The molecule has 2 aromatic carbocycles. The monoisotopic (exact) mass is 365 g/mol. The van der Waals surface area contributed by atoms with Crippen LogP contribution in [0.1, 0.15) is 17.8 Å². The lowest BCUT2D eigenvalue weighted by Gasteiger charge is -2.17. The van der Waals surface area contributed by atoms with E-state index in [1.807, 2.05) is 37.3 Å². The molecule has 0 aliphatic rings. The first-order valence-electron chi connectivity index (χ1n) is 8.94. The summed E-state index contributed by atoms with van der Waals surface area (Å²) in [5, 5.41) is 0.554. The molecule has 0 unspecified atom stereocenters. The van der Waals surface area contributed by atoms with Gasteiger partial charge in [0.15, 0.2) is 0 Å². The van der Waals surface area contributed by atoms with Crippen molar-refractivity contribution < 1.29 is 9.53 Å². The zero-order chi connectivity index (χ0) is 19.2. The number of nitrogens with zero attached hydrogens (tertiary/aromatic N) is 2. The van der Waals surface area contributed by atoms with Gasteiger partial charge in [0.05, 0.1) is 17.4 Å². The van der Waals surface area contributed by atoms with Crippen LogP contribution in [-0.2, 0) is 11.2 Å². The minimum atomic E-state index is -0.178. The molecule has 1 aromatic heterocycles. The fraction of sp³-hybridized carbons (Fsp3) is 0.286. The van der Waals surface area contributed by atoms with Gasteiger partial charge in [0, 0.05) is 19.9 Å². The molecule has 6 nitrogen and oxygen atoms in total. The Morgan fingerprint density at radius 3 is 2.67 bits per heavy atom. The molecule has 0 spiro atoms. The lowest BCUT2D eigenvalue weighted by molar-refractivity contribution is -0.130. The van der Waals surface area contributed by atoms with Crippen molar-refractivity contribution in [3.63, 3.8) is 0 Å². The molecule has 0 aliphatic heterocycles. The molecule has 0 bridgehead atoms. The van der Waals surface area contributed by atoms with Gasteiger partial charge in [-0.1, -0.05) is 29.8 Å². The number of fused-ring (bicyclic) bond motifs is 1. The Morgan fingerprint density at radius 1 is 1.15 bits per heavy atom. The highest BCUT2D eigenvalue weighted by Gasteiger charge is 2.11. The predicted octanol–water partition coefficient (Wildman–Crippen LogP) is 2.70. The third-order valence-electron chi connectivity index (χ3n) is 4.38. The van der Waals surface area contributed by atoms with Crippen LogP contribution in [0.3, 0.4) is 0 Å². The zero-order valence-corrected chi connectivity index (χ0v) is 15.6. The van der Waals surface area contributed by atoms with Crippen LogP contribution in [0.2, 0.25) is 0 Å². The van der Waals surface area contributed by atoms with E-state index in [2.05, 4.69) is 9.97 Å². The largest absolute Gasteiger partial charge is 0.492 e. The molecule has 0 atom stereocenters. The van der Waals surface area contributed by atoms with Gasteiger partial charge in [0.25, 0.3) is 5.56 Å². The molecule has 1 heterocycles. The molecule has 1 amide bonds. The number of hydrogen-bond donors (Lipinski definition) is 1. The summed E-state index contributed by atoms with van der Waals surface area (Å²) >= 11 is 0. The molecule has 3 aromatic rings. The Morgan fingerprint density at radius 2 is 1.89 bits per heavy atom. The summed E-state index contributed by atoms with van der Waals surface area (Å²) < 4.78 is 5.65. The highest BCUT2D eigenvalue weighted by atomic mass is 16.5. The summed E-state index contributed by atoms with van der Waals surface area (Å²) in [4.78, 5) is 33.2. The number of ether oxygens (including phenoxy) is 1. The van der Waals surface area contributed by atoms with Crippen LogP contribution in [0.15, 0.2) is 53.3 Å². The van der Waals surface area contributed by atoms with E-state index in [0.717, 1.165) is 5.75 Å². The predicted molar refractivity (Wildman–Crippen MR) is 105 cm³/mol. The Hall–Kier alpha value is -3.15. The number of amides is 1. The van der Waals surface area contributed by atoms with E-state index >= 15 is 0 Å². The Labute approximate surface area is 157 Å². The van der Waals surface area contributed by atoms with Crippen molar-refractivity contribution in [1.29, 1.82) is 0 Å². The Balaban J connectivity index is 1.49. The van der Waals surface area contributed by atoms with Crippen LogP contribution >= 0.6 is 0 Å². The number of likely N-dealkylation sites (N-methyl/N-ethyl adjacent to an activating group) is 1. The number of aryl methyl sites for hydroxylation is 2. The molecule has 27 heavy (non-hydrogen) atoms. The van der Waals surface area contributed by atoms with E-state index < -0.39 is 0 Å². The number of rotatable bonds is 7. The standard InChI is InChI=1S/C21H23N3O3/c1-15-7-9-16(10-8-15)27-14-13-24(2)20(25)12-11-19-22-18-6-4-3-5-17(18)21(26)23-19/h3-10H,11-14H2,1-2H3,(H,22,23,26). The number of hydrogen-bond acceptors (Lipinski definition) is 4. The third-order valence-corrected chi connectivity index (χ3v) is 4.38. The first kappa shape index (κ1) is 18.6. The second kappa shape index (κ2) is 8.49. The first-order valence-corrected chi connectivity index (χ1v) is 8.94. The van der Waals surface area contributed by atoms with Gasteiger partial charge in [-0.15, -0.1) is 0 Å². The zero-order valence-electron chi connectivity index (χ0n) is 15.6. The summed E-state index contributed by atoms with van der Waals surface area (Å²) in [6.45, 7) is 2.94. The molecular weight excluding hydrogens is 342 g/mol. The van der Waals surface area contributed by atoms with Crippen molar-refractivity contribution in [3.8, 4) is 5.75 Å². The summed E-state index contributed by atoms with van der Waals surface area (Å²) in [5.41, 5.74) is 1.64. The van der Waals surface area contributed by atoms with Crippen molar-refractivity contribution in [2.24, 2.45) is 0 Å². The van der Waals surface area contributed by atoms with Crippen LogP contribution < -0.4 is 10.3 Å². The van der Waals surface area contributed by atoms with Crippen molar-refractivity contribution in [3.05, 3.63) is 70.3 Å². The topological polar surface area (TPSA) is 75.3 Å². The first-order chi connectivity index (χ1) is 13.0. The van der Waals surface area contributed by atoms with E-state index in [9.17, 15) is 9.59 Å². The number of carbonyl (C=O) groups is 1. The van der Waals surface area contributed by atoms with Gasteiger partial charge in [-0.25, -0.2) is 4.98 Å². The lowest BCUT2D eigenvalue weighted by Crippen LogP contribution is -2.31. The maximum Gasteiger partial charge on any atom is 0.258 e. The van der Waals surface area contributed by atoms with Crippen molar-refractivity contribution >= 4 is 16.8 Å². The number of H-pyrrole nitrogens is 1. The fourth-order valence-corrected chi connectivity index (χ4v) is 2.73. The molecule has 0 fully saturated rings. The maximum absolute atomic E-state index is 12.3. The van der Waals surface area contributed by atoms with Crippen LogP contribution in [0.5, 0.6) is 5.75 Å². The number of aromatic nitrogens is 2. The summed E-state index contributed by atoms with van der Waals surface area (Å²) in [5.74, 6) is 1.30. The quantitative estimate of drug-likeness (QED) is 0.698. The Kier molecular flexibility index (Phi) is 5.86. The highest BCUT2D eigenvalue weighted by molar-refractivity contribution is 5.78. The molecule has 0 saturated carbocycles. The number of aromatic amines is 1. The van der Waals surface area contributed by atoms with Crippen LogP contribution in [0.4, 0.5) is 0 Å². The molecule has 3 rings (SSSR count). The van der Waals surface area contributed by atoms with E-state index in [1.54, 1.807) is 30.1 Å². The minimum absolute atomic E-state index is 0.0155. The SMILES string of the molecule is Cc1ccc(OCCN(C)C(=O)CCc2nc3ccccc3c(=O)[nH]2)cc1. The van der Waals surface area contributed by atoms with E-state index in [-0.39, 0.29) is 17.9 Å². The third kappa shape index (κ3) is 4.94. The maximum atomic E-state index is 12.3. The molecule has 0 aliphatic carbocycles. The average Bonchev–Trinajstić information content (AvgIpc) is 2.67. The molecular formula is C21H23N3O3. The second-order valence-electron chi connectivity index (χ2n) is 6.51. The molecule has 6 heteroatoms. The van der Waals surface area contributed by atoms with Crippen LogP contribution in [-0.4, -0.2) is 41.0 Å². The number of benzene rings is 2. The number of para-hydroxylation sites is 1. The molecule has 140 valence electrons. The van der Waals surface area contributed by atoms with Gasteiger partial charge in [0.1, 0.15) is 18.2 Å². The molecule has 1 N–H and O–H groups in total. The van der Waals surface area contributed by atoms with Gasteiger partial charge in [-0.3, -0.25) is 9.59 Å². The highest BCUT2D eigenvalue weighted by Crippen LogP contribution is 2.11. The number of nitrogens with one attached hydrogen (secondary N) is 1. The smallest absolute Gasteiger partial charge is 0.258 e. The van der Waals surface area contributed by atoms with Gasteiger partial charge in [-0.05, 0) is 31.2 Å². The van der Waals surface area contributed by atoms with E-state index in [0.29, 0.717) is 36.3 Å². The molecule has 0 radical (unpaired) electrons. The minimum Gasteiger partial charge on any atom is -0.492 e. The van der Waals surface area contributed by atoms with Crippen molar-refractivity contribution in [2.75, 3.05) is 20.2 Å². The van der Waals surface area contributed by atoms with E-state index in [1.165, 1.54) is 5.56 Å². The molecule has 0 saturated heterocycles. The van der Waals surface area contributed by atoms with Crippen molar-refractivity contribution in [1.82, 2.24) is 14.9 Å². The van der Waals surface area contributed by atoms with Gasteiger partial charge in [-0.2, -0.15) is 0 Å². The lowest BCUT2D eigenvalue weighted by atomic mass is 10.2. The average molecular weight is 365 g/mol. The summed E-state index contributed by atoms with van der Waals surface area (Å²) in [6, 6.07) is 15.0. The summed E-state index contributed by atoms with van der Waals surface area (Å²) in [6.07, 6.45) is 0.671. The van der Waals surface area contributed by atoms with Crippen molar-refractivity contribution in [2.45, 2.75) is 19.8 Å². The van der Waals surface area contributed by atoms with Gasteiger partial charge < -0.3 is 14.6 Å². The fourth-order valence-electron chi connectivity index (χ4n) is 2.73. The second-order valence-corrected chi connectivity index (χ2v) is 6.51. The normalized spacial score (nSPS) is 10.7. The number of carbonyl (C=O) groups excluding carboxylic acids is 1. The van der Waals surface area contributed by atoms with Crippen LogP contribution in [0, 0.1) is 6.92 Å². The Bertz CT molecular complexity index is 980. The van der Waals surface area contributed by atoms with E-state index in [4.69, 9.17) is 4.74 Å². The summed E-state index contributed by atoms with van der Waals surface area (Å²) in [7, 11) is 1.75. The van der Waals surface area contributed by atoms with Crippen LogP contribution in [0.25, 0.3) is 10.9 Å². The van der Waals surface area contributed by atoms with Gasteiger partial charge in [0.2, 0.25) is 5.91 Å². The van der Waals surface area contributed by atoms with Gasteiger partial charge >= 0.3 is 0 Å².